The number of pyridine rings is 1. The average molecular weight is 211 g/mol. The van der Waals surface area contributed by atoms with Crippen LogP contribution in [-0.2, 0) is 7.05 Å². The molecule has 2 aromatic heterocycles. The molecule has 0 aromatic carbocycles. The Balaban J connectivity index is 0.00000128. The summed E-state index contributed by atoms with van der Waals surface area (Å²) in [6, 6.07) is 6.92. The molecule has 0 fully saturated rings. The van der Waals surface area contributed by atoms with Gasteiger partial charge in [-0.2, -0.15) is 5.10 Å². The molecule has 2 heterocycles. The van der Waals surface area contributed by atoms with E-state index in [4.69, 9.17) is 5.11 Å². The van der Waals surface area contributed by atoms with Gasteiger partial charge in [-0.3, -0.25) is 9.67 Å². The summed E-state index contributed by atoms with van der Waals surface area (Å²) < 4.78 is 1.33. The molecular formula is C10H10LiN3O2. The second-order valence-corrected chi connectivity index (χ2v) is 3.06. The molecule has 0 saturated carbocycles. The van der Waals surface area contributed by atoms with Crippen molar-refractivity contribution in [2.24, 2.45) is 7.05 Å². The third kappa shape index (κ3) is 2.32. The van der Waals surface area contributed by atoms with Gasteiger partial charge < -0.3 is 5.11 Å². The second-order valence-electron chi connectivity index (χ2n) is 3.06. The number of aromatic carboxylic acids is 1. The summed E-state index contributed by atoms with van der Waals surface area (Å²) in [5.74, 6) is -0.993. The molecule has 0 amide bonds. The Morgan fingerprint density at radius 3 is 2.62 bits per heavy atom. The number of nitrogens with zero attached hydrogens (tertiary/aromatic N) is 3. The Morgan fingerprint density at radius 1 is 1.38 bits per heavy atom. The minimum absolute atomic E-state index is 0. The van der Waals surface area contributed by atoms with Crippen molar-refractivity contribution in [2.75, 3.05) is 0 Å². The van der Waals surface area contributed by atoms with Crippen LogP contribution in [-0.4, -0.2) is 44.7 Å². The SMILES string of the molecule is Cn1nc(-c2ccccn2)cc1C(=O)O.[LiH]. The molecule has 1 N–H and O–H groups in total. The number of rotatable bonds is 2. The molecule has 16 heavy (non-hydrogen) atoms. The van der Waals surface area contributed by atoms with Gasteiger partial charge in [0, 0.05) is 19.3 Å². The monoisotopic (exact) mass is 211 g/mol. The number of aromatic nitrogens is 3. The molecule has 0 radical (unpaired) electrons. The average Bonchev–Trinajstić information content (AvgIpc) is 2.62. The fraction of sp³-hybridized carbons (Fsp3) is 0.100. The van der Waals surface area contributed by atoms with Crippen molar-refractivity contribution in [2.45, 2.75) is 0 Å². The van der Waals surface area contributed by atoms with Crippen molar-refractivity contribution in [1.29, 1.82) is 0 Å². The van der Waals surface area contributed by atoms with Crippen molar-refractivity contribution in [1.82, 2.24) is 14.8 Å². The van der Waals surface area contributed by atoms with E-state index in [9.17, 15) is 4.79 Å². The molecule has 2 aromatic rings. The first kappa shape index (κ1) is 12.5. The predicted octanol–water partition coefficient (Wildman–Crippen LogP) is 0.532. The van der Waals surface area contributed by atoms with Crippen molar-refractivity contribution >= 4 is 24.8 Å². The predicted molar refractivity (Wildman–Crippen MR) is 60.5 cm³/mol. The van der Waals surface area contributed by atoms with Gasteiger partial charge in [-0.15, -0.1) is 0 Å². The van der Waals surface area contributed by atoms with Gasteiger partial charge in [0.15, 0.2) is 0 Å². The number of hydrogen-bond acceptors (Lipinski definition) is 3. The van der Waals surface area contributed by atoms with Crippen molar-refractivity contribution in [3.8, 4) is 11.4 Å². The number of carboxylic acids is 1. The van der Waals surface area contributed by atoms with Gasteiger partial charge in [0.25, 0.3) is 0 Å². The van der Waals surface area contributed by atoms with Crippen LogP contribution in [0.15, 0.2) is 30.5 Å². The van der Waals surface area contributed by atoms with Gasteiger partial charge in [0.1, 0.15) is 11.4 Å². The fourth-order valence-corrected chi connectivity index (χ4v) is 1.31. The van der Waals surface area contributed by atoms with Crippen molar-refractivity contribution < 1.29 is 9.90 Å². The molecule has 0 aliphatic rings. The first-order chi connectivity index (χ1) is 7.18. The maximum atomic E-state index is 10.8. The van der Waals surface area contributed by atoms with Gasteiger partial charge in [-0.25, -0.2) is 4.79 Å². The van der Waals surface area contributed by atoms with Crippen molar-refractivity contribution in [3.05, 3.63) is 36.2 Å². The minimum atomic E-state index is -0.993. The number of aryl methyl sites for hydroxylation is 1. The van der Waals surface area contributed by atoms with E-state index in [0.717, 1.165) is 0 Å². The Morgan fingerprint density at radius 2 is 2.12 bits per heavy atom. The summed E-state index contributed by atoms with van der Waals surface area (Å²) in [6.45, 7) is 0. The molecule has 0 atom stereocenters. The Labute approximate surface area is 104 Å². The number of hydrogen-bond donors (Lipinski definition) is 1. The first-order valence-corrected chi connectivity index (χ1v) is 4.37. The van der Waals surface area contributed by atoms with E-state index in [0.29, 0.717) is 11.4 Å². The fourth-order valence-electron chi connectivity index (χ4n) is 1.31. The molecular weight excluding hydrogens is 201 g/mol. The summed E-state index contributed by atoms with van der Waals surface area (Å²) in [6.07, 6.45) is 1.64. The van der Waals surface area contributed by atoms with Gasteiger partial charge in [-0.05, 0) is 12.1 Å². The summed E-state index contributed by atoms with van der Waals surface area (Å²) >= 11 is 0. The summed E-state index contributed by atoms with van der Waals surface area (Å²) in [7, 11) is 1.59. The Kier molecular flexibility index (Phi) is 3.88. The summed E-state index contributed by atoms with van der Waals surface area (Å²) in [5.41, 5.74) is 1.38. The maximum absolute atomic E-state index is 10.8. The van der Waals surface area contributed by atoms with Gasteiger partial charge in [-0.1, -0.05) is 6.07 Å². The van der Waals surface area contributed by atoms with Crippen LogP contribution in [0.4, 0.5) is 0 Å². The quantitative estimate of drug-likeness (QED) is 0.736. The van der Waals surface area contributed by atoms with Crippen LogP contribution in [0.3, 0.4) is 0 Å². The molecule has 0 aliphatic heterocycles. The van der Waals surface area contributed by atoms with Crippen LogP contribution in [0.25, 0.3) is 11.4 Å². The molecule has 2 rings (SSSR count). The summed E-state index contributed by atoms with van der Waals surface area (Å²) in [4.78, 5) is 14.9. The standard InChI is InChI=1S/C10H9N3O2.Li.H/c1-13-9(10(14)15)6-8(12-13)7-4-2-3-5-11-7;;/h2-6H,1H3,(H,14,15);;. The zero-order valence-corrected chi connectivity index (χ0v) is 8.08. The van der Waals surface area contributed by atoms with E-state index in [-0.39, 0.29) is 24.6 Å². The first-order valence-electron chi connectivity index (χ1n) is 4.37. The Bertz CT molecular complexity index is 496. The molecule has 0 bridgehead atoms. The molecule has 0 unspecified atom stereocenters. The van der Waals surface area contributed by atoms with E-state index in [2.05, 4.69) is 10.1 Å². The van der Waals surface area contributed by atoms with Gasteiger partial charge >= 0.3 is 24.8 Å². The molecule has 0 aliphatic carbocycles. The van der Waals surface area contributed by atoms with E-state index in [1.165, 1.54) is 10.7 Å². The van der Waals surface area contributed by atoms with E-state index in [1.54, 1.807) is 25.4 Å². The molecule has 78 valence electrons. The zero-order chi connectivity index (χ0) is 10.8. The van der Waals surface area contributed by atoms with Crippen LogP contribution in [0.5, 0.6) is 0 Å². The van der Waals surface area contributed by atoms with Gasteiger partial charge in [0.2, 0.25) is 0 Å². The molecule has 5 nitrogen and oxygen atoms in total. The number of carbonyl (C=O) groups is 1. The molecule has 0 saturated heterocycles. The van der Waals surface area contributed by atoms with Crippen LogP contribution >= 0.6 is 0 Å². The van der Waals surface area contributed by atoms with Crippen LogP contribution in [0, 0.1) is 0 Å². The van der Waals surface area contributed by atoms with E-state index in [1.807, 2.05) is 6.07 Å². The van der Waals surface area contributed by atoms with E-state index < -0.39 is 5.97 Å². The Hall–Kier alpha value is -1.57. The second kappa shape index (κ2) is 4.97. The van der Waals surface area contributed by atoms with E-state index >= 15 is 0 Å². The molecule has 0 spiro atoms. The normalized spacial score (nSPS) is 9.56. The van der Waals surface area contributed by atoms with Gasteiger partial charge in [0.05, 0.1) is 5.69 Å². The molecule has 6 heteroatoms. The summed E-state index contributed by atoms with van der Waals surface area (Å²) in [5, 5.41) is 12.9. The third-order valence-corrected chi connectivity index (χ3v) is 2.03. The van der Waals surface area contributed by atoms with Crippen LogP contribution < -0.4 is 0 Å². The van der Waals surface area contributed by atoms with Crippen molar-refractivity contribution in [3.63, 3.8) is 0 Å². The third-order valence-electron chi connectivity index (χ3n) is 2.03. The topological polar surface area (TPSA) is 68.0 Å². The zero-order valence-electron chi connectivity index (χ0n) is 8.08. The van der Waals surface area contributed by atoms with Crippen LogP contribution in [0.2, 0.25) is 0 Å². The van der Waals surface area contributed by atoms with Crippen LogP contribution in [0.1, 0.15) is 10.5 Å². The number of carboxylic acid groups (broad SMARTS) is 1.